The molecule has 1 heterocycles. The molecule has 0 atom stereocenters. The Morgan fingerprint density at radius 1 is 1.18 bits per heavy atom. The summed E-state index contributed by atoms with van der Waals surface area (Å²) in [5, 5.41) is 7.13. The van der Waals surface area contributed by atoms with Crippen LogP contribution in [0, 0.1) is 6.92 Å². The van der Waals surface area contributed by atoms with E-state index in [1.165, 1.54) is 0 Å². The zero-order chi connectivity index (χ0) is 19.4. The van der Waals surface area contributed by atoms with Gasteiger partial charge in [0.15, 0.2) is 0 Å². The average Bonchev–Trinajstić information content (AvgIpc) is 2.64. The van der Waals surface area contributed by atoms with Gasteiger partial charge in [0.2, 0.25) is 5.95 Å². The van der Waals surface area contributed by atoms with Crippen molar-refractivity contribution >= 4 is 41.7 Å². The van der Waals surface area contributed by atoms with Crippen LogP contribution in [0.25, 0.3) is 0 Å². The van der Waals surface area contributed by atoms with Crippen LogP contribution in [0.4, 0.5) is 11.8 Å². The summed E-state index contributed by atoms with van der Waals surface area (Å²) in [7, 11) is 3.96. The van der Waals surface area contributed by atoms with Crippen molar-refractivity contribution in [1.29, 1.82) is 0 Å². The summed E-state index contributed by atoms with van der Waals surface area (Å²) in [4.78, 5) is 23.4. The standard InChI is InChI=1S/C20H26ClN5O.ClH/c1-13-12-22-20(25-18(13)26(2)3)24-17-9-7-16(8-10-17)23-19(27)14-5-4-6-15(21)11-14;/h4-6,11-12,16-17H,7-10H2,1-3H3,(H,23,27)(H,22,24,25);1H. The number of aryl methyl sites for hydroxylation is 1. The van der Waals surface area contributed by atoms with Crippen LogP contribution < -0.4 is 15.5 Å². The van der Waals surface area contributed by atoms with Crippen molar-refractivity contribution in [1.82, 2.24) is 15.3 Å². The highest BCUT2D eigenvalue weighted by Crippen LogP contribution is 2.23. The molecule has 1 aromatic carbocycles. The molecule has 2 aromatic rings. The monoisotopic (exact) mass is 423 g/mol. The Morgan fingerprint density at radius 2 is 1.86 bits per heavy atom. The van der Waals surface area contributed by atoms with Crippen molar-refractivity contribution in [3.8, 4) is 0 Å². The molecule has 1 aliphatic carbocycles. The fourth-order valence-electron chi connectivity index (χ4n) is 3.42. The van der Waals surface area contributed by atoms with Crippen LogP contribution in [-0.2, 0) is 0 Å². The molecule has 28 heavy (non-hydrogen) atoms. The Kier molecular flexibility index (Phi) is 7.89. The average molecular weight is 424 g/mol. The Labute approximate surface area is 177 Å². The molecule has 152 valence electrons. The van der Waals surface area contributed by atoms with Gasteiger partial charge in [0, 0.05) is 48.5 Å². The van der Waals surface area contributed by atoms with Crippen LogP contribution >= 0.6 is 24.0 Å². The van der Waals surface area contributed by atoms with Gasteiger partial charge >= 0.3 is 0 Å². The first-order chi connectivity index (χ1) is 12.9. The van der Waals surface area contributed by atoms with Crippen molar-refractivity contribution < 1.29 is 4.79 Å². The largest absolute Gasteiger partial charge is 0.362 e. The smallest absolute Gasteiger partial charge is 0.251 e. The highest BCUT2D eigenvalue weighted by Gasteiger charge is 2.23. The van der Waals surface area contributed by atoms with E-state index >= 15 is 0 Å². The number of aromatic nitrogens is 2. The molecule has 1 amide bonds. The summed E-state index contributed by atoms with van der Waals surface area (Å²) in [6.45, 7) is 2.01. The number of anilines is 2. The zero-order valence-corrected chi connectivity index (χ0v) is 18.0. The van der Waals surface area contributed by atoms with Crippen LogP contribution in [0.2, 0.25) is 5.02 Å². The van der Waals surface area contributed by atoms with Crippen molar-refractivity contribution in [2.24, 2.45) is 0 Å². The van der Waals surface area contributed by atoms with Crippen molar-refractivity contribution in [2.45, 2.75) is 44.7 Å². The van der Waals surface area contributed by atoms with Crippen molar-refractivity contribution in [2.75, 3.05) is 24.3 Å². The number of nitrogens with zero attached hydrogens (tertiary/aromatic N) is 3. The second kappa shape index (κ2) is 9.94. The SMILES string of the molecule is Cc1cnc(NC2CCC(NC(=O)c3cccc(Cl)c3)CC2)nc1N(C)C.Cl. The Bertz CT molecular complexity index is 807. The van der Waals surface area contributed by atoms with Gasteiger partial charge in [0.05, 0.1) is 0 Å². The molecule has 1 aromatic heterocycles. The molecule has 0 saturated heterocycles. The third-order valence-corrected chi connectivity index (χ3v) is 5.09. The quantitative estimate of drug-likeness (QED) is 0.757. The maximum Gasteiger partial charge on any atom is 0.251 e. The molecular weight excluding hydrogens is 397 g/mol. The van der Waals surface area contributed by atoms with E-state index in [4.69, 9.17) is 11.6 Å². The lowest BCUT2D eigenvalue weighted by molar-refractivity contribution is 0.0926. The Balaban J connectivity index is 0.00000280. The minimum Gasteiger partial charge on any atom is -0.362 e. The molecule has 8 heteroatoms. The van der Waals surface area contributed by atoms with Gasteiger partial charge in [0.1, 0.15) is 5.82 Å². The molecule has 6 nitrogen and oxygen atoms in total. The molecule has 3 rings (SSSR count). The molecule has 2 N–H and O–H groups in total. The van der Waals surface area contributed by atoms with Gasteiger partial charge in [-0.1, -0.05) is 17.7 Å². The number of nitrogens with one attached hydrogen (secondary N) is 2. The van der Waals surface area contributed by atoms with Gasteiger partial charge in [0.25, 0.3) is 5.91 Å². The number of halogens is 2. The fourth-order valence-corrected chi connectivity index (χ4v) is 3.61. The van der Waals surface area contributed by atoms with E-state index in [1.807, 2.05) is 32.1 Å². The Hall–Kier alpha value is -2.05. The molecule has 0 spiro atoms. The van der Waals surface area contributed by atoms with Crippen LogP contribution in [0.15, 0.2) is 30.5 Å². The van der Waals surface area contributed by atoms with Gasteiger partial charge in [-0.2, -0.15) is 4.98 Å². The maximum absolute atomic E-state index is 12.4. The van der Waals surface area contributed by atoms with Gasteiger partial charge in [-0.15, -0.1) is 12.4 Å². The first kappa shape index (κ1) is 22.2. The lowest BCUT2D eigenvalue weighted by atomic mass is 9.91. The van der Waals surface area contributed by atoms with E-state index in [9.17, 15) is 4.79 Å². The van der Waals surface area contributed by atoms with E-state index in [1.54, 1.807) is 24.3 Å². The highest BCUT2D eigenvalue weighted by atomic mass is 35.5. The molecule has 1 fully saturated rings. The van der Waals surface area contributed by atoms with Crippen LogP contribution in [-0.4, -0.2) is 42.1 Å². The molecule has 0 unspecified atom stereocenters. The molecule has 0 aliphatic heterocycles. The van der Waals surface area contributed by atoms with Gasteiger partial charge in [-0.3, -0.25) is 4.79 Å². The highest BCUT2D eigenvalue weighted by molar-refractivity contribution is 6.30. The number of carbonyl (C=O) groups is 1. The number of carbonyl (C=O) groups excluding carboxylic acids is 1. The number of hydrogen-bond donors (Lipinski definition) is 2. The summed E-state index contributed by atoms with van der Waals surface area (Å²) < 4.78 is 0. The second-order valence-corrected chi connectivity index (χ2v) is 7.71. The van der Waals surface area contributed by atoms with Gasteiger partial charge < -0.3 is 15.5 Å². The maximum atomic E-state index is 12.4. The lowest BCUT2D eigenvalue weighted by Gasteiger charge is -2.30. The Morgan fingerprint density at radius 3 is 2.50 bits per heavy atom. The van der Waals surface area contributed by atoms with E-state index in [-0.39, 0.29) is 24.4 Å². The predicted octanol–water partition coefficient (Wildman–Crippen LogP) is 4.08. The van der Waals surface area contributed by atoms with E-state index in [2.05, 4.69) is 20.6 Å². The molecule has 0 bridgehead atoms. The first-order valence-corrected chi connectivity index (χ1v) is 9.64. The van der Waals surface area contributed by atoms with E-state index in [0.717, 1.165) is 37.1 Å². The third-order valence-electron chi connectivity index (χ3n) is 4.85. The van der Waals surface area contributed by atoms with Gasteiger partial charge in [-0.05, 0) is 50.8 Å². The van der Waals surface area contributed by atoms with Crippen molar-refractivity contribution in [3.05, 3.63) is 46.6 Å². The number of hydrogen-bond acceptors (Lipinski definition) is 5. The third kappa shape index (κ3) is 5.72. The predicted molar refractivity (Wildman–Crippen MR) is 117 cm³/mol. The van der Waals surface area contributed by atoms with Crippen LogP contribution in [0.5, 0.6) is 0 Å². The minimum absolute atomic E-state index is 0. The number of rotatable bonds is 5. The summed E-state index contributed by atoms with van der Waals surface area (Å²) in [6.07, 6.45) is 5.64. The second-order valence-electron chi connectivity index (χ2n) is 7.27. The van der Waals surface area contributed by atoms with Crippen LogP contribution in [0.3, 0.4) is 0 Å². The lowest BCUT2D eigenvalue weighted by Crippen LogP contribution is -2.40. The minimum atomic E-state index is -0.0635. The van der Waals surface area contributed by atoms with E-state index in [0.29, 0.717) is 22.6 Å². The zero-order valence-electron chi connectivity index (χ0n) is 16.4. The number of amides is 1. The fraction of sp³-hybridized carbons (Fsp3) is 0.450. The molecule has 1 saturated carbocycles. The first-order valence-electron chi connectivity index (χ1n) is 9.26. The summed E-state index contributed by atoms with van der Waals surface area (Å²) >= 11 is 5.97. The summed E-state index contributed by atoms with van der Waals surface area (Å²) in [5.74, 6) is 1.53. The normalized spacial score (nSPS) is 18.7. The molecule has 0 radical (unpaired) electrons. The summed E-state index contributed by atoms with van der Waals surface area (Å²) in [5.41, 5.74) is 1.66. The van der Waals surface area contributed by atoms with Crippen molar-refractivity contribution in [3.63, 3.8) is 0 Å². The van der Waals surface area contributed by atoms with E-state index < -0.39 is 0 Å². The van der Waals surface area contributed by atoms with Crippen LogP contribution in [0.1, 0.15) is 41.6 Å². The molecule has 1 aliphatic rings. The topological polar surface area (TPSA) is 70.1 Å². The molecular formula is C20H27Cl2N5O. The number of benzene rings is 1. The van der Waals surface area contributed by atoms with Gasteiger partial charge in [-0.25, -0.2) is 4.98 Å². The summed E-state index contributed by atoms with van der Waals surface area (Å²) in [6, 6.07) is 7.55.